The van der Waals surface area contributed by atoms with Gasteiger partial charge < -0.3 is 14.5 Å². The van der Waals surface area contributed by atoms with Gasteiger partial charge in [0.15, 0.2) is 12.2 Å². The molecule has 0 saturated heterocycles. The summed E-state index contributed by atoms with van der Waals surface area (Å²) >= 11 is 1.44. The van der Waals surface area contributed by atoms with E-state index in [1.807, 2.05) is 12.1 Å². The first-order chi connectivity index (χ1) is 14.6. The van der Waals surface area contributed by atoms with Crippen molar-refractivity contribution in [2.45, 2.75) is 32.1 Å². The second kappa shape index (κ2) is 8.93. The van der Waals surface area contributed by atoms with Gasteiger partial charge in [-0.2, -0.15) is 5.26 Å². The molecule has 0 spiro atoms. The van der Waals surface area contributed by atoms with Crippen LogP contribution in [0.4, 0.5) is 5.00 Å². The van der Waals surface area contributed by atoms with Gasteiger partial charge in [-0.25, -0.2) is 9.78 Å². The van der Waals surface area contributed by atoms with Crippen LogP contribution in [0.25, 0.3) is 17.2 Å². The average molecular weight is 421 g/mol. The van der Waals surface area contributed by atoms with Crippen molar-refractivity contribution >= 4 is 45.4 Å². The molecule has 0 saturated carbocycles. The molecule has 0 radical (unpaired) electrons. The molecule has 1 aromatic carbocycles. The van der Waals surface area contributed by atoms with Gasteiger partial charge in [0.2, 0.25) is 5.89 Å². The highest BCUT2D eigenvalue weighted by Crippen LogP contribution is 2.36. The first-order valence-electron chi connectivity index (χ1n) is 9.69. The van der Waals surface area contributed by atoms with Gasteiger partial charge in [0.1, 0.15) is 16.6 Å². The molecule has 152 valence electrons. The molecule has 0 bridgehead atoms. The van der Waals surface area contributed by atoms with Crippen LogP contribution in [0.15, 0.2) is 34.8 Å². The maximum Gasteiger partial charge on any atom is 0.331 e. The van der Waals surface area contributed by atoms with Crippen LogP contribution in [0.5, 0.6) is 0 Å². The summed E-state index contributed by atoms with van der Waals surface area (Å²) in [6, 6.07) is 9.47. The Morgan fingerprint density at radius 2 is 2.10 bits per heavy atom. The van der Waals surface area contributed by atoms with Crippen LogP contribution in [0.1, 0.15) is 41.2 Å². The molecule has 8 heteroatoms. The number of anilines is 1. The molecule has 0 fully saturated rings. The fourth-order valence-electron chi connectivity index (χ4n) is 3.40. The van der Waals surface area contributed by atoms with Gasteiger partial charge in [0.25, 0.3) is 5.91 Å². The highest BCUT2D eigenvalue weighted by Gasteiger charge is 2.21. The van der Waals surface area contributed by atoms with Crippen LogP contribution in [0.2, 0.25) is 0 Å². The Bertz CT molecular complexity index is 1140. The lowest BCUT2D eigenvalue weighted by Crippen LogP contribution is -2.20. The third-order valence-corrected chi connectivity index (χ3v) is 6.01. The molecule has 4 rings (SSSR count). The van der Waals surface area contributed by atoms with E-state index in [4.69, 9.17) is 9.15 Å². The maximum absolute atomic E-state index is 12.2. The summed E-state index contributed by atoms with van der Waals surface area (Å²) in [4.78, 5) is 29.5. The molecule has 30 heavy (non-hydrogen) atoms. The average Bonchev–Trinajstić information content (AvgIpc) is 3.23. The van der Waals surface area contributed by atoms with Crippen LogP contribution >= 0.6 is 11.3 Å². The number of benzene rings is 1. The number of carbonyl (C=O) groups excluding carboxylic acids is 2. The minimum Gasteiger partial charge on any atom is -0.452 e. The van der Waals surface area contributed by atoms with E-state index in [9.17, 15) is 14.9 Å². The number of hydrogen-bond donors (Lipinski definition) is 1. The molecule has 1 amide bonds. The molecule has 1 aliphatic carbocycles. The van der Waals surface area contributed by atoms with Crippen LogP contribution in [-0.2, 0) is 27.2 Å². The molecule has 2 aromatic heterocycles. The maximum atomic E-state index is 12.2. The molecule has 1 aliphatic rings. The van der Waals surface area contributed by atoms with Gasteiger partial charge in [0, 0.05) is 17.0 Å². The van der Waals surface area contributed by atoms with Crippen LogP contribution < -0.4 is 5.32 Å². The van der Waals surface area contributed by atoms with Crippen molar-refractivity contribution < 1.29 is 18.7 Å². The second-order valence-electron chi connectivity index (χ2n) is 6.89. The number of ether oxygens (including phenoxy) is 1. The summed E-state index contributed by atoms with van der Waals surface area (Å²) in [6.45, 7) is -0.440. The fourth-order valence-corrected chi connectivity index (χ4v) is 4.65. The number of carbonyl (C=O) groups is 2. The quantitative estimate of drug-likeness (QED) is 0.376. The number of nitriles is 1. The highest BCUT2D eigenvalue weighted by molar-refractivity contribution is 7.16. The van der Waals surface area contributed by atoms with Crippen LogP contribution in [0.3, 0.4) is 0 Å². The summed E-state index contributed by atoms with van der Waals surface area (Å²) in [7, 11) is 0. The van der Waals surface area contributed by atoms with Crippen LogP contribution in [0, 0.1) is 11.3 Å². The fraction of sp³-hybridized carbons (Fsp3) is 0.273. The van der Waals surface area contributed by atoms with Crippen molar-refractivity contribution in [1.82, 2.24) is 4.98 Å². The summed E-state index contributed by atoms with van der Waals surface area (Å²) in [5.74, 6) is -0.891. The number of esters is 1. The lowest BCUT2D eigenvalue weighted by atomic mass is 10.1. The summed E-state index contributed by atoms with van der Waals surface area (Å²) in [6.07, 6.45) is 7.64. The molecule has 2 heterocycles. The van der Waals surface area contributed by atoms with E-state index < -0.39 is 18.5 Å². The van der Waals surface area contributed by atoms with Gasteiger partial charge in [-0.15, -0.1) is 11.3 Å². The smallest absolute Gasteiger partial charge is 0.331 e. The summed E-state index contributed by atoms with van der Waals surface area (Å²) < 4.78 is 10.5. The predicted octanol–water partition coefficient (Wildman–Crippen LogP) is 4.22. The Hall–Kier alpha value is -3.44. The van der Waals surface area contributed by atoms with Crippen molar-refractivity contribution in [2.24, 2.45) is 0 Å². The Labute approximate surface area is 177 Å². The van der Waals surface area contributed by atoms with Gasteiger partial charge >= 0.3 is 5.97 Å². The lowest BCUT2D eigenvalue weighted by molar-refractivity contribution is -0.142. The monoisotopic (exact) mass is 421 g/mol. The van der Waals surface area contributed by atoms with E-state index in [0.717, 1.165) is 48.6 Å². The third-order valence-electron chi connectivity index (χ3n) is 4.80. The number of nitrogens with one attached hydrogen (secondary N) is 1. The number of amides is 1. The standard InChI is InChI=1S/C22H19N3O4S/c23-12-15-14-6-2-1-3-9-18(14)30-22(15)25-19(26)13-28-21(27)11-10-20-24-16-7-4-5-8-17(16)29-20/h4-5,7-8,10-11H,1-3,6,9,13H2,(H,25,26)/b11-10+. The first kappa shape index (κ1) is 19.9. The largest absolute Gasteiger partial charge is 0.452 e. The number of para-hydroxylation sites is 2. The Kier molecular flexibility index (Phi) is 5.91. The molecular formula is C22H19N3O4S. The van der Waals surface area contributed by atoms with E-state index in [0.29, 0.717) is 21.7 Å². The number of rotatable bonds is 5. The number of aromatic nitrogens is 1. The van der Waals surface area contributed by atoms with Crippen molar-refractivity contribution in [3.63, 3.8) is 0 Å². The minimum absolute atomic E-state index is 0.274. The van der Waals surface area contributed by atoms with Crippen molar-refractivity contribution in [3.8, 4) is 6.07 Å². The highest BCUT2D eigenvalue weighted by atomic mass is 32.1. The zero-order valence-electron chi connectivity index (χ0n) is 16.1. The van der Waals surface area contributed by atoms with Crippen molar-refractivity contribution in [1.29, 1.82) is 5.26 Å². The number of hydrogen-bond acceptors (Lipinski definition) is 7. The molecule has 0 atom stereocenters. The number of nitrogens with zero attached hydrogens (tertiary/aromatic N) is 2. The van der Waals surface area contributed by atoms with E-state index in [2.05, 4.69) is 16.4 Å². The number of thiophene rings is 1. The van der Waals surface area contributed by atoms with Gasteiger partial charge in [0.05, 0.1) is 5.56 Å². The van der Waals surface area contributed by atoms with Crippen molar-refractivity contribution in [3.05, 3.63) is 52.2 Å². The Balaban J connectivity index is 1.33. The molecular weight excluding hydrogens is 402 g/mol. The molecule has 0 aliphatic heterocycles. The molecule has 7 nitrogen and oxygen atoms in total. The topological polar surface area (TPSA) is 105 Å². The number of fused-ring (bicyclic) bond motifs is 2. The van der Waals surface area contributed by atoms with Gasteiger partial charge in [-0.3, -0.25) is 4.79 Å². The molecule has 0 unspecified atom stereocenters. The Morgan fingerprint density at radius 1 is 1.27 bits per heavy atom. The van der Waals surface area contributed by atoms with E-state index in [-0.39, 0.29) is 5.89 Å². The van der Waals surface area contributed by atoms with E-state index >= 15 is 0 Å². The van der Waals surface area contributed by atoms with Crippen LogP contribution in [-0.4, -0.2) is 23.5 Å². The summed E-state index contributed by atoms with van der Waals surface area (Å²) in [5.41, 5.74) is 2.89. The zero-order valence-corrected chi connectivity index (χ0v) is 17.0. The molecule has 3 aromatic rings. The van der Waals surface area contributed by atoms with E-state index in [1.54, 1.807) is 12.1 Å². The number of aryl methyl sites for hydroxylation is 1. The predicted molar refractivity (Wildman–Crippen MR) is 113 cm³/mol. The molecule has 1 N–H and O–H groups in total. The van der Waals surface area contributed by atoms with Crippen molar-refractivity contribution in [2.75, 3.05) is 11.9 Å². The Morgan fingerprint density at radius 3 is 2.93 bits per heavy atom. The summed E-state index contributed by atoms with van der Waals surface area (Å²) in [5, 5.41) is 12.8. The SMILES string of the molecule is N#Cc1c(NC(=O)COC(=O)/C=C/c2nc3ccccc3o2)sc2c1CCCCC2. The van der Waals surface area contributed by atoms with Gasteiger partial charge in [-0.05, 0) is 43.4 Å². The normalized spacial score (nSPS) is 13.6. The lowest BCUT2D eigenvalue weighted by Gasteiger charge is -2.04. The third kappa shape index (κ3) is 4.42. The minimum atomic E-state index is -0.685. The zero-order chi connectivity index (χ0) is 20.9. The number of oxazole rings is 1. The second-order valence-corrected chi connectivity index (χ2v) is 7.99. The van der Waals surface area contributed by atoms with Gasteiger partial charge in [-0.1, -0.05) is 18.6 Å². The van der Waals surface area contributed by atoms with E-state index in [1.165, 1.54) is 17.4 Å². The first-order valence-corrected chi connectivity index (χ1v) is 10.5.